The van der Waals surface area contributed by atoms with Crippen molar-refractivity contribution in [3.05, 3.63) is 23.8 Å². The highest BCUT2D eigenvalue weighted by atomic mass is 16.3. The van der Waals surface area contributed by atoms with Crippen LogP contribution in [0.2, 0.25) is 0 Å². The van der Waals surface area contributed by atoms with Crippen LogP contribution < -0.4 is 5.84 Å². The topological polar surface area (TPSA) is 78.8 Å². The van der Waals surface area contributed by atoms with E-state index in [1.807, 2.05) is 0 Å². The molecule has 4 heteroatoms. The van der Waals surface area contributed by atoms with E-state index >= 15 is 0 Å². The monoisotopic (exact) mass is 166 g/mol. The summed E-state index contributed by atoms with van der Waals surface area (Å²) in [5.41, 5.74) is 0.918. The zero-order valence-electron chi connectivity index (χ0n) is 6.65. The third-order valence-corrected chi connectivity index (χ3v) is 1.56. The van der Waals surface area contributed by atoms with Crippen molar-refractivity contribution in [1.82, 2.24) is 0 Å². The van der Waals surface area contributed by atoms with Crippen LogP contribution >= 0.6 is 0 Å². The lowest BCUT2D eigenvalue weighted by Gasteiger charge is -2.02. The Morgan fingerprint density at radius 1 is 1.42 bits per heavy atom. The molecule has 0 aromatic heterocycles. The van der Waals surface area contributed by atoms with E-state index in [0.29, 0.717) is 11.3 Å². The van der Waals surface area contributed by atoms with Gasteiger partial charge in [-0.15, -0.1) is 0 Å². The van der Waals surface area contributed by atoms with Crippen LogP contribution in [0, 0.1) is 0 Å². The van der Waals surface area contributed by atoms with E-state index in [1.54, 1.807) is 6.92 Å². The van der Waals surface area contributed by atoms with Crippen molar-refractivity contribution in [3.8, 4) is 11.5 Å². The van der Waals surface area contributed by atoms with Gasteiger partial charge in [0.15, 0.2) is 0 Å². The van der Waals surface area contributed by atoms with Gasteiger partial charge in [0, 0.05) is 5.56 Å². The predicted molar refractivity (Wildman–Crippen MR) is 46.2 cm³/mol. The fourth-order valence-corrected chi connectivity index (χ4v) is 0.883. The van der Waals surface area contributed by atoms with E-state index in [2.05, 4.69) is 5.10 Å². The number of nitrogens with two attached hydrogens (primary N) is 1. The molecule has 0 aliphatic rings. The van der Waals surface area contributed by atoms with Gasteiger partial charge in [-0.25, -0.2) is 0 Å². The molecule has 0 saturated carbocycles. The zero-order chi connectivity index (χ0) is 9.14. The number of benzene rings is 1. The van der Waals surface area contributed by atoms with Crippen LogP contribution in [0.25, 0.3) is 0 Å². The molecule has 0 bridgehead atoms. The van der Waals surface area contributed by atoms with Crippen molar-refractivity contribution in [2.75, 3.05) is 0 Å². The van der Waals surface area contributed by atoms with Gasteiger partial charge in [0.1, 0.15) is 11.5 Å². The standard InChI is InChI=1S/C8H10N2O2/c1-5(10-9)7-4-6(11)2-3-8(7)12/h2-4,11-12H,9H2,1H3/b10-5-. The molecule has 0 amide bonds. The summed E-state index contributed by atoms with van der Waals surface area (Å²) >= 11 is 0. The molecule has 0 saturated heterocycles. The first-order valence-corrected chi connectivity index (χ1v) is 3.42. The van der Waals surface area contributed by atoms with E-state index in [9.17, 15) is 5.11 Å². The third kappa shape index (κ3) is 1.47. The fraction of sp³-hybridized carbons (Fsp3) is 0.125. The molecule has 4 N–H and O–H groups in total. The van der Waals surface area contributed by atoms with E-state index in [1.165, 1.54) is 18.2 Å². The maximum absolute atomic E-state index is 9.29. The van der Waals surface area contributed by atoms with Crippen molar-refractivity contribution >= 4 is 5.71 Å². The Morgan fingerprint density at radius 3 is 2.67 bits per heavy atom. The minimum Gasteiger partial charge on any atom is -0.508 e. The summed E-state index contributed by atoms with van der Waals surface area (Å²) in [5, 5.41) is 21.8. The molecule has 0 atom stereocenters. The molecule has 1 aromatic carbocycles. The smallest absolute Gasteiger partial charge is 0.124 e. The van der Waals surface area contributed by atoms with Crippen molar-refractivity contribution in [2.45, 2.75) is 6.92 Å². The molecule has 12 heavy (non-hydrogen) atoms. The maximum atomic E-state index is 9.29. The van der Waals surface area contributed by atoms with Gasteiger partial charge in [0.05, 0.1) is 5.71 Å². The second-order valence-electron chi connectivity index (χ2n) is 2.42. The van der Waals surface area contributed by atoms with E-state index in [-0.39, 0.29) is 11.5 Å². The SMILES string of the molecule is C/C(=N/N)c1cc(O)ccc1O. The minimum atomic E-state index is 0.0551. The fourth-order valence-electron chi connectivity index (χ4n) is 0.883. The quantitative estimate of drug-likeness (QED) is 0.249. The van der Waals surface area contributed by atoms with Crippen molar-refractivity contribution in [3.63, 3.8) is 0 Å². The van der Waals surface area contributed by atoms with Crippen LogP contribution in [0.1, 0.15) is 12.5 Å². The second kappa shape index (κ2) is 3.13. The van der Waals surface area contributed by atoms with Gasteiger partial charge in [-0.1, -0.05) is 0 Å². The number of aromatic hydroxyl groups is 2. The molecule has 0 fully saturated rings. The van der Waals surface area contributed by atoms with E-state index < -0.39 is 0 Å². The molecular formula is C8H10N2O2. The van der Waals surface area contributed by atoms with Crippen LogP contribution in [-0.2, 0) is 0 Å². The first-order valence-electron chi connectivity index (χ1n) is 3.42. The average Bonchev–Trinajstić information content (AvgIpc) is 2.08. The van der Waals surface area contributed by atoms with Crippen LogP contribution in [0.5, 0.6) is 11.5 Å². The van der Waals surface area contributed by atoms with Gasteiger partial charge in [-0.05, 0) is 25.1 Å². The Hall–Kier alpha value is -1.71. The summed E-state index contributed by atoms with van der Waals surface area (Å²) in [7, 11) is 0. The molecular weight excluding hydrogens is 156 g/mol. The van der Waals surface area contributed by atoms with Gasteiger partial charge in [0.25, 0.3) is 0 Å². The number of nitrogens with zero attached hydrogens (tertiary/aromatic N) is 1. The second-order valence-corrected chi connectivity index (χ2v) is 2.42. The lowest BCUT2D eigenvalue weighted by atomic mass is 10.1. The van der Waals surface area contributed by atoms with Crippen LogP contribution in [0.3, 0.4) is 0 Å². The van der Waals surface area contributed by atoms with Gasteiger partial charge in [-0.2, -0.15) is 5.10 Å². The predicted octanol–water partition coefficient (Wildman–Crippen LogP) is 0.780. The summed E-state index contributed by atoms with van der Waals surface area (Å²) in [4.78, 5) is 0. The van der Waals surface area contributed by atoms with Gasteiger partial charge >= 0.3 is 0 Å². The molecule has 0 aliphatic carbocycles. The molecule has 0 radical (unpaired) electrons. The normalized spacial score (nSPS) is 11.6. The molecule has 0 spiro atoms. The summed E-state index contributed by atoms with van der Waals surface area (Å²) in [6.07, 6.45) is 0. The molecule has 0 unspecified atom stereocenters. The molecule has 0 aliphatic heterocycles. The number of rotatable bonds is 1. The Balaban J connectivity index is 3.23. The molecule has 64 valence electrons. The molecule has 0 heterocycles. The van der Waals surface area contributed by atoms with Crippen LogP contribution in [0.15, 0.2) is 23.3 Å². The minimum absolute atomic E-state index is 0.0551. The largest absolute Gasteiger partial charge is 0.508 e. The molecule has 1 aromatic rings. The lowest BCUT2D eigenvalue weighted by molar-refractivity contribution is 0.459. The first kappa shape index (κ1) is 8.39. The van der Waals surface area contributed by atoms with Crippen LogP contribution in [0.4, 0.5) is 0 Å². The Kier molecular flexibility index (Phi) is 2.19. The van der Waals surface area contributed by atoms with E-state index in [0.717, 1.165) is 0 Å². The maximum Gasteiger partial charge on any atom is 0.124 e. The Labute approximate surface area is 70.0 Å². The van der Waals surface area contributed by atoms with Crippen molar-refractivity contribution in [2.24, 2.45) is 10.9 Å². The Bertz CT molecular complexity index is 321. The van der Waals surface area contributed by atoms with Gasteiger partial charge in [-0.3, -0.25) is 0 Å². The summed E-state index contributed by atoms with van der Waals surface area (Å²) < 4.78 is 0. The average molecular weight is 166 g/mol. The van der Waals surface area contributed by atoms with Gasteiger partial charge in [0.2, 0.25) is 0 Å². The highest BCUT2D eigenvalue weighted by Gasteiger charge is 2.04. The van der Waals surface area contributed by atoms with Crippen molar-refractivity contribution < 1.29 is 10.2 Å². The number of phenols is 2. The number of hydrogen-bond acceptors (Lipinski definition) is 4. The van der Waals surface area contributed by atoms with Gasteiger partial charge < -0.3 is 16.1 Å². The summed E-state index contributed by atoms with van der Waals surface area (Å²) in [5.74, 6) is 5.15. The highest BCUT2D eigenvalue weighted by Crippen LogP contribution is 2.22. The summed E-state index contributed by atoms with van der Waals surface area (Å²) in [6, 6.07) is 4.18. The van der Waals surface area contributed by atoms with E-state index in [4.69, 9.17) is 10.9 Å². The summed E-state index contributed by atoms with van der Waals surface area (Å²) in [6.45, 7) is 1.65. The molecule has 4 nitrogen and oxygen atoms in total. The first-order chi connectivity index (χ1) is 5.65. The van der Waals surface area contributed by atoms with Crippen molar-refractivity contribution in [1.29, 1.82) is 0 Å². The number of hydrogen-bond donors (Lipinski definition) is 3. The highest BCUT2D eigenvalue weighted by molar-refractivity contribution is 6.01. The lowest BCUT2D eigenvalue weighted by Crippen LogP contribution is -1.98. The Morgan fingerprint density at radius 2 is 2.08 bits per heavy atom. The van der Waals surface area contributed by atoms with Crippen LogP contribution in [-0.4, -0.2) is 15.9 Å². The molecule has 1 rings (SSSR count). The zero-order valence-corrected chi connectivity index (χ0v) is 6.65. The number of phenolic OH excluding ortho intramolecular Hbond substituents is 2. The number of hydrazone groups is 1. The third-order valence-electron chi connectivity index (χ3n) is 1.56.